The molecule has 4 aliphatic rings. The summed E-state index contributed by atoms with van der Waals surface area (Å²) in [5.41, 5.74) is 0.0454. The molecule has 0 spiro atoms. The molecule has 3 heterocycles. The molecule has 182 valence electrons. The number of nitrogens with zero attached hydrogens (tertiary/aromatic N) is 2. The van der Waals surface area contributed by atoms with Gasteiger partial charge in [0, 0.05) is 17.6 Å². The van der Waals surface area contributed by atoms with Gasteiger partial charge in [0.2, 0.25) is 0 Å². The molecular formula is C26H41BN2O4. The Kier molecular flexibility index (Phi) is 6.49. The van der Waals surface area contributed by atoms with Crippen LogP contribution < -0.4 is 10.4 Å². The van der Waals surface area contributed by atoms with Crippen LogP contribution in [0.2, 0.25) is 0 Å². The number of fused-ring (bicyclic) bond motifs is 1. The van der Waals surface area contributed by atoms with Gasteiger partial charge >= 0.3 is 7.12 Å². The van der Waals surface area contributed by atoms with E-state index < -0.39 is 23.9 Å². The Labute approximate surface area is 199 Å². The number of likely N-dealkylation sites (tertiary alicyclic amines) is 1. The van der Waals surface area contributed by atoms with E-state index in [4.69, 9.17) is 9.31 Å². The minimum absolute atomic E-state index is 0.140. The topological polar surface area (TPSA) is 62.2 Å². The Morgan fingerprint density at radius 1 is 0.939 bits per heavy atom. The summed E-state index contributed by atoms with van der Waals surface area (Å²) in [5, 5.41) is 11.0. The number of piperidine rings is 1. The maximum atomic E-state index is 13.2. The molecule has 1 aromatic rings. The SMILES string of the molecule is CC.CC1(O)C(=O)N(C2CC(N3CCCCC3)C2)c2cc(B3OC(C)(C)C(C)(C)O3)ccc21. The molecule has 0 aromatic heterocycles. The third-order valence-corrected chi connectivity index (χ3v) is 8.33. The number of anilines is 1. The van der Waals surface area contributed by atoms with Crippen molar-refractivity contribution in [1.29, 1.82) is 0 Å². The second-order valence-corrected chi connectivity index (χ2v) is 11.0. The van der Waals surface area contributed by atoms with Crippen LogP contribution in [0.5, 0.6) is 0 Å². The van der Waals surface area contributed by atoms with Gasteiger partial charge < -0.3 is 24.2 Å². The predicted molar refractivity (Wildman–Crippen MR) is 133 cm³/mol. The van der Waals surface area contributed by atoms with Crippen molar-refractivity contribution in [2.45, 2.75) is 109 Å². The first-order chi connectivity index (χ1) is 15.5. The molecule has 7 heteroatoms. The highest BCUT2D eigenvalue weighted by molar-refractivity contribution is 6.62. The van der Waals surface area contributed by atoms with Gasteiger partial charge in [-0.25, -0.2) is 0 Å². The maximum Gasteiger partial charge on any atom is 0.494 e. The first-order valence-corrected chi connectivity index (χ1v) is 12.8. The number of rotatable bonds is 3. The van der Waals surface area contributed by atoms with Crippen molar-refractivity contribution in [2.24, 2.45) is 0 Å². The number of carbonyl (C=O) groups is 1. The summed E-state index contributed by atoms with van der Waals surface area (Å²) in [4.78, 5) is 17.7. The summed E-state index contributed by atoms with van der Waals surface area (Å²) in [6.07, 6.45) is 5.83. The third-order valence-electron chi connectivity index (χ3n) is 8.33. The van der Waals surface area contributed by atoms with E-state index in [2.05, 4.69) is 4.90 Å². The zero-order valence-electron chi connectivity index (χ0n) is 21.5. The van der Waals surface area contributed by atoms with Gasteiger partial charge in [-0.1, -0.05) is 32.4 Å². The summed E-state index contributed by atoms with van der Waals surface area (Å²) in [6, 6.07) is 6.47. The van der Waals surface area contributed by atoms with Crippen LogP contribution in [0.3, 0.4) is 0 Å². The van der Waals surface area contributed by atoms with Crippen molar-refractivity contribution >= 4 is 24.2 Å². The highest BCUT2D eigenvalue weighted by Crippen LogP contribution is 2.45. The average molecular weight is 456 g/mol. The fourth-order valence-corrected chi connectivity index (χ4v) is 5.46. The van der Waals surface area contributed by atoms with Crippen LogP contribution in [0.1, 0.15) is 86.1 Å². The van der Waals surface area contributed by atoms with Crippen LogP contribution >= 0.6 is 0 Å². The molecule has 1 unspecified atom stereocenters. The summed E-state index contributed by atoms with van der Waals surface area (Å²) < 4.78 is 12.5. The van der Waals surface area contributed by atoms with Crippen molar-refractivity contribution in [3.05, 3.63) is 23.8 Å². The molecule has 1 amide bonds. The Hall–Kier alpha value is -1.41. The third kappa shape index (κ3) is 4.05. The van der Waals surface area contributed by atoms with Crippen LogP contribution in [0.4, 0.5) is 5.69 Å². The van der Waals surface area contributed by atoms with Gasteiger partial charge in [0.25, 0.3) is 5.91 Å². The minimum Gasteiger partial charge on any atom is -0.399 e. The highest BCUT2D eigenvalue weighted by Gasteiger charge is 2.54. The maximum absolute atomic E-state index is 13.2. The van der Waals surface area contributed by atoms with Crippen molar-refractivity contribution in [3.63, 3.8) is 0 Å². The fourth-order valence-electron chi connectivity index (χ4n) is 5.46. The molecule has 5 rings (SSSR count). The Morgan fingerprint density at radius 3 is 2.09 bits per heavy atom. The number of benzene rings is 1. The van der Waals surface area contributed by atoms with Gasteiger partial charge in [0.15, 0.2) is 5.60 Å². The Bertz CT molecular complexity index is 872. The highest BCUT2D eigenvalue weighted by atomic mass is 16.7. The van der Waals surface area contributed by atoms with Gasteiger partial charge in [-0.05, 0) is 84.9 Å². The number of hydrogen-bond acceptors (Lipinski definition) is 5. The Balaban J connectivity index is 0.00000126. The molecule has 33 heavy (non-hydrogen) atoms. The second-order valence-electron chi connectivity index (χ2n) is 11.0. The number of hydrogen-bond donors (Lipinski definition) is 1. The minimum atomic E-state index is -1.49. The summed E-state index contributed by atoms with van der Waals surface area (Å²) in [5.74, 6) is -0.212. The lowest BCUT2D eigenvalue weighted by Gasteiger charge is -2.47. The smallest absolute Gasteiger partial charge is 0.399 e. The van der Waals surface area contributed by atoms with Crippen LogP contribution in [-0.4, -0.2) is 59.4 Å². The molecule has 1 atom stereocenters. The zero-order valence-corrected chi connectivity index (χ0v) is 21.5. The van der Waals surface area contributed by atoms with Crippen molar-refractivity contribution in [3.8, 4) is 0 Å². The van der Waals surface area contributed by atoms with Gasteiger partial charge in [-0.2, -0.15) is 0 Å². The number of amides is 1. The molecule has 0 radical (unpaired) electrons. The van der Waals surface area contributed by atoms with E-state index in [-0.39, 0.29) is 11.9 Å². The van der Waals surface area contributed by atoms with E-state index in [9.17, 15) is 9.90 Å². The van der Waals surface area contributed by atoms with E-state index in [1.165, 1.54) is 32.4 Å². The summed E-state index contributed by atoms with van der Waals surface area (Å²) >= 11 is 0. The Morgan fingerprint density at radius 2 is 1.52 bits per heavy atom. The van der Waals surface area contributed by atoms with Gasteiger partial charge in [-0.3, -0.25) is 4.79 Å². The lowest BCUT2D eigenvalue weighted by atomic mass is 9.77. The molecule has 2 saturated heterocycles. The zero-order chi connectivity index (χ0) is 24.2. The molecule has 0 bridgehead atoms. The van der Waals surface area contributed by atoms with Crippen LogP contribution in [0.15, 0.2) is 18.2 Å². The van der Waals surface area contributed by atoms with Crippen LogP contribution in [-0.2, 0) is 19.7 Å². The van der Waals surface area contributed by atoms with E-state index >= 15 is 0 Å². The standard InChI is InChI=1S/C24H35BN2O4.C2H6/c1-22(2)23(3,4)31-25(30-22)16-9-10-19-20(13-16)27(21(28)24(19,5)29)18-14-17(15-18)26-11-7-6-8-12-26;1-2/h9-10,13,17-18,29H,6-8,11-12,14-15H2,1-5H3;1-2H3. The fraction of sp³-hybridized carbons (Fsp3) is 0.731. The van der Waals surface area contributed by atoms with Crippen molar-refractivity contribution < 1.29 is 19.2 Å². The van der Waals surface area contributed by atoms with E-state index in [0.717, 1.165) is 24.0 Å². The second kappa shape index (κ2) is 8.67. The summed E-state index contributed by atoms with van der Waals surface area (Å²) in [6.45, 7) is 16.1. The first kappa shape index (κ1) is 24.7. The number of carbonyl (C=O) groups excluding carboxylic acids is 1. The van der Waals surface area contributed by atoms with E-state index in [1.54, 1.807) is 6.92 Å². The van der Waals surface area contributed by atoms with Crippen molar-refractivity contribution in [1.82, 2.24) is 4.90 Å². The lowest BCUT2D eigenvalue weighted by Crippen LogP contribution is -2.57. The average Bonchev–Trinajstić information content (AvgIpc) is 3.09. The summed E-state index contributed by atoms with van der Waals surface area (Å²) in [7, 11) is -0.486. The molecule has 1 aliphatic carbocycles. The van der Waals surface area contributed by atoms with Gasteiger partial charge in [-0.15, -0.1) is 0 Å². The molecule has 3 aliphatic heterocycles. The van der Waals surface area contributed by atoms with E-state index in [1.807, 2.05) is 64.6 Å². The van der Waals surface area contributed by atoms with Crippen LogP contribution in [0.25, 0.3) is 0 Å². The van der Waals surface area contributed by atoms with Gasteiger partial charge in [0.1, 0.15) is 0 Å². The molecule has 1 N–H and O–H groups in total. The molecule has 3 fully saturated rings. The number of aliphatic hydroxyl groups is 1. The quantitative estimate of drug-likeness (QED) is 0.705. The van der Waals surface area contributed by atoms with Gasteiger partial charge in [0.05, 0.1) is 16.9 Å². The molecule has 1 aromatic carbocycles. The largest absolute Gasteiger partial charge is 0.494 e. The molecule has 1 saturated carbocycles. The van der Waals surface area contributed by atoms with Crippen LogP contribution in [0, 0.1) is 0 Å². The van der Waals surface area contributed by atoms with Crippen molar-refractivity contribution in [2.75, 3.05) is 18.0 Å². The predicted octanol–water partition coefficient (Wildman–Crippen LogP) is 3.58. The normalized spacial score (nSPS) is 32.8. The monoisotopic (exact) mass is 456 g/mol. The van der Waals surface area contributed by atoms with E-state index in [0.29, 0.717) is 11.6 Å². The first-order valence-electron chi connectivity index (χ1n) is 12.8. The lowest BCUT2D eigenvalue weighted by molar-refractivity contribution is -0.135. The molecule has 6 nitrogen and oxygen atoms in total. The molecular weight excluding hydrogens is 415 g/mol.